The van der Waals surface area contributed by atoms with Crippen LogP contribution in [-0.2, 0) is 10.8 Å². The molecule has 84 valence electrons. The zero-order valence-electron chi connectivity index (χ0n) is 8.49. The molecule has 0 radical (unpaired) electrons. The average molecular weight is 230 g/mol. The van der Waals surface area contributed by atoms with Crippen LogP contribution in [0, 0.1) is 5.82 Å². The van der Waals surface area contributed by atoms with E-state index in [0.29, 0.717) is 12.2 Å². The number of aliphatic hydroxyl groups is 1. The summed E-state index contributed by atoms with van der Waals surface area (Å²) in [7, 11) is -1.26. The van der Waals surface area contributed by atoms with Gasteiger partial charge in [-0.1, -0.05) is 18.6 Å². The lowest BCUT2D eigenvalue weighted by Crippen LogP contribution is -2.01. The van der Waals surface area contributed by atoms with E-state index in [9.17, 15) is 8.60 Å². The zero-order chi connectivity index (χ0) is 11.1. The summed E-state index contributed by atoms with van der Waals surface area (Å²) in [6.45, 7) is 0.159. The van der Waals surface area contributed by atoms with Gasteiger partial charge in [0.15, 0.2) is 0 Å². The van der Waals surface area contributed by atoms with Crippen molar-refractivity contribution in [3.05, 3.63) is 30.1 Å². The van der Waals surface area contributed by atoms with Gasteiger partial charge in [-0.3, -0.25) is 4.21 Å². The van der Waals surface area contributed by atoms with Crippen LogP contribution in [0.1, 0.15) is 19.3 Å². The Bertz CT molecular complexity index is 328. The van der Waals surface area contributed by atoms with Crippen molar-refractivity contribution >= 4 is 10.8 Å². The van der Waals surface area contributed by atoms with E-state index in [2.05, 4.69) is 0 Å². The highest BCUT2D eigenvalue weighted by Gasteiger charge is 2.08. The highest BCUT2D eigenvalue weighted by molar-refractivity contribution is 7.85. The molecule has 0 spiro atoms. The van der Waals surface area contributed by atoms with E-state index < -0.39 is 16.6 Å². The predicted molar refractivity (Wildman–Crippen MR) is 58.6 cm³/mol. The molecule has 4 heteroatoms. The van der Waals surface area contributed by atoms with Gasteiger partial charge in [-0.15, -0.1) is 0 Å². The normalized spacial score (nSPS) is 12.7. The van der Waals surface area contributed by atoms with Gasteiger partial charge in [-0.25, -0.2) is 4.39 Å². The molecule has 1 rings (SSSR count). The van der Waals surface area contributed by atoms with E-state index in [1.807, 2.05) is 0 Å². The van der Waals surface area contributed by atoms with Crippen molar-refractivity contribution in [1.82, 2.24) is 0 Å². The number of halogens is 1. The van der Waals surface area contributed by atoms with E-state index in [-0.39, 0.29) is 11.5 Å². The minimum Gasteiger partial charge on any atom is -0.396 e. The Balaban J connectivity index is 2.44. The van der Waals surface area contributed by atoms with E-state index in [1.54, 1.807) is 18.2 Å². The number of benzene rings is 1. The number of aliphatic hydroxyl groups excluding tert-OH is 1. The summed E-state index contributed by atoms with van der Waals surface area (Å²) in [5, 5.41) is 8.56. The zero-order valence-corrected chi connectivity index (χ0v) is 9.30. The van der Waals surface area contributed by atoms with Gasteiger partial charge in [-0.05, 0) is 25.0 Å². The van der Waals surface area contributed by atoms with Crippen molar-refractivity contribution in [2.24, 2.45) is 0 Å². The van der Waals surface area contributed by atoms with Gasteiger partial charge < -0.3 is 5.11 Å². The van der Waals surface area contributed by atoms with Gasteiger partial charge in [-0.2, -0.15) is 0 Å². The van der Waals surface area contributed by atoms with Gasteiger partial charge in [0.1, 0.15) is 5.82 Å². The molecule has 1 aromatic carbocycles. The maximum Gasteiger partial charge on any atom is 0.139 e. The molecule has 0 aromatic heterocycles. The number of hydrogen-bond acceptors (Lipinski definition) is 2. The molecule has 0 fully saturated rings. The van der Waals surface area contributed by atoms with Crippen LogP contribution in [0.3, 0.4) is 0 Å². The summed E-state index contributed by atoms with van der Waals surface area (Å²) >= 11 is 0. The van der Waals surface area contributed by atoms with Crippen LogP contribution in [-0.4, -0.2) is 21.7 Å². The summed E-state index contributed by atoms with van der Waals surface area (Å²) in [5.41, 5.74) is 0. The molecule has 1 atom stereocenters. The number of unbranched alkanes of at least 4 members (excludes halogenated alkanes) is 2. The molecule has 1 unspecified atom stereocenters. The highest BCUT2D eigenvalue weighted by atomic mass is 32.2. The Morgan fingerprint density at radius 2 is 1.93 bits per heavy atom. The first-order valence-corrected chi connectivity index (χ1v) is 6.31. The third-order valence-electron chi connectivity index (χ3n) is 2.07. The standard InChI is InChI=1S/C11H15FO2S/c12-10-6-2-3-7-11(10)15(14)9-5-1-4-8-13/h2-3,6-7,13H,1,4-5,8-9H2. The topological polar surface area (TPSA) is 37.3 Å². The molecule has 0 aliphatic carbocycles. The highest BCUT2D eigenvalue weighted by Crippen LogP contribution is 2.13. The molecule has 0 heterocycles. The van der Waals surface area contributed by atoms with Crippen LogP contribution < -0.4 is 0 Å². The first-order chi connectivity index (χ1) is 7.25. The maximum atomic E-state index is 13.2. The summed E-state index contributed by atoms with van der Waals surface area (Å²) < 4.78 is 24.8. The smallest absolute Gasteiger partial charge is 0.139 e. The molecule has 15 heavy (non-hydrogen) atoms. The summed E-state index contributed by atoms with van der Waals surface area (Å²) in [6.07, 6.45) is 2.30. The molecule has 0 aliphatic heterocycles. The summed E-state index contributed by atoms with van der Waals surface area (Å²) in [5.74, 6) is 0.0546. The van der Waals surface area contributed by atoms with Gasteiger partial charge in [0, 0.05) is 12.4 Å². The lowest BCUT2D eigenvalue weighted by molar-refractivity contribution is 0.284. The van der Waals surface area contributed by atoms with Crippen LogP contribution in [0.5, 0.6) is 0 Å². The van der Waals surface area contributed by atoms with E-state index in [0.717, 1.165) is 12.8 Å². The SMILES string of the molecule is O=S(CCCCCO)c1ccccc1F. The molecule has 1 aromatic rings. The van der Waals surface area contributed by atoms with Gasteiger partial charge in [0.25, 0.3) is 0 Å². The lowest BCUT2D eigenvalue weighted by Gasteiger charge is -2.02. The van der Waals surface area contributed by atoms with Crippen molar-refractivity contribution < 1.29 is 13.7 Å². The third-order valence-corrected chi connectivity index (χ3v) is 3.55. The number of hydrogen-bond donors (Lipinski definition) is 1. The fourth-order valence-electron chi connectivity index (χ4n) is 1.26. The minimum absolute atomic E-state index is 0.159. The monoisotopic (exact) mass is 230 g/mol. The van der Waals surface area contributed by atoms with E-state index in [4.69, 9.17) is 5.11 Å². The second kappa shape index (κ2) is 6.69. The largest absolute Gasteiger partial charge is 0.396 e. The van der Waals surface area contributed by atoms with Gasteiger partial charge >= 0.3 is 0 Å². The molecule has 0 saturated carbocycles. The summed E-state index contributed by atoms with van der Waals surface area (Å²) in [4.78, 5) is 0.279. The summed E-state index contributed by atoms with van der Waals surface area (Å²) in [6, 6.07) is 6.14. The molecule has 0 bridgehead atoms. The second-order valence-corrected chi connectivity index (χ2v) is 4.80. The first kappa shape index (κ1) is 12.3. The van der Waals surface area contributed by atoms with Gasteiger partial charge in [0.2, 0.25) is 0 Å². The van der Waals surface area contributed by atoms with Crippen LogP contribution in [0.15, 0.2) is 29.2 Å². The fraction of sp³-hybridized carbons (Fsp3) is 0.455. The van der Waals surface area contributed by atoms with Crippen LogP contribution >= 0.6 is 0 Å². The average Bonchev–Trinajstić information content (AvgIpc) is 2.25. The van der Waals surface area contributed by atoms with E-state index >= 15 is 0 Å². The quantitative estimate of drug-likeness (QED) is 0.760. The molecule has 2 nitrogen and oxygen atoms in total. The second-order valence-electron chi connectivity index (χ2n) is 3.26. The molecule has 1 N–H and O–H groups in total. The van der Waals surface area contributed by atoms with Crippen LogP contribution in [0.4, 0.5) is 4.39 Å². The van der Waals surface area contributed by atoms with E-state index in [1.165, 1.54) is 6.07 Å². The van der Waals surface area contributed by atoms with Crippen molar-refractivity contribution in [3.8, 4) is 0 Å². The Morgan fingerprint density at radius 3 is 2.60 bits per heavy atom. The van der Waals surface area contributed by atoms with Crippen molar-refractivity contribution in [2.45, 2.75) is 24.2 Å². The fourth-order valence-corrected chi connectivity index (χ4v) is 2.46. The van der Waals surface area contributed by atoms with Crippen molar-refractivity contribution in [1.29, 1.82) is 0 Å². The van der Waals surface area contributed by atoms with Crippen LogP contribution in [0.25, 0.3) is 0 Å². The van der Waals surface area contributed by atoms with Crippen LogP contribution in [0.2, 0.25) is 0 Å². The lowest BCUT2D eigenvalue weighted by atomic mass is 10.3. The number of rotatable bonds is 6. The third kappa shape index (κ3) is 4.10. The minimum atomic E-state index is -1.26. The Hall–Kier alpha value is -0.740. The van der Waals surface area contributed by atoms with Crippen molar-refractivity contribution in [3.63, 3.8) is 0 Å². The Morgan fingerprint density at radius 1 is 1.20 bits per heavy atom. The Labute approximate surface area is 91.6 Å². The Kier molecular flexibility index (Phi) is 5.50. The maximum absolute atomic E-state index is 13.2. The molecular formula is C11H15FO2S. The molecule has 0 amide bonds. The molecule has 0 aliphatic rings. The molecule has 0 saturated heterocycles. The van der Waals surface area contributed by atoms with Gasteiger partial charge in [0.05, 0.1) is 15.7 Å². The van der Waals surface area contributed by atoms with Crippen molar-refractivity contribution in [2.75, 3.05) is 12.4 Å². The predicted octanol–water partition coefficient (Wildman–Crippen LogP) is 2.10. The first-order valence-electron chi connectivity index (χ1n) is 4.99. The molecular weight excluding hydrogens is 215 g/mol.